The van der Waals surface area contributed by atoms with Gasteiger partial charge in [-0.3, -0.25) is 9.59 Å². The molecule has 0 saturated carbocycles. The molecule has 2 aromatic carbocycles. The van der Waals surface area contributed by atoms with E-state index in [0.717, 1.165) is 18.4 Å². The maximum absolute atomic E-state index is 12.5. The molecule has 0 aromatic heterocycles. The van der Waals surface area contributed by atoms with Crippen LogP contribution in [0.2, 0.25) is 0 Å². The number of benzene rings is 2. The van der Waals surface area contributed by atoms with Gasteiger partial charge in [0.05, 0.1) is 12.5 Å². The van der Waals surface area contributed by atoms with E-state index in [0.29, 0.717) is 17.7 Å². The average molecular weight is 310 g/mol. The van der Waals surface area contributed by atoms with Gasteiger partial charge in [-0.25, -0.2) is 0 Å². The molecule has 3 nitrogen and oxygen atoms in total. The van der Waals surface area contributed by atoms with Crippen molar-refractivity contribution in [3.8, 4) is 0 Å². The molecule has 0 aliphatic rings. The predicted octanol–water partition coefficient (Wildman–Crippen LogP) is 4.36. The maximum Gasteiger partial charge on any atom is 0.313 e. The average Bonchev–Trinajstić information content (AvgIpc) is 2.61. The minimum Gasteiger partial charge on any atom is -0.465 e. The zero-order chi connectivity index (χ0) is 16.7. The number of ether oxygens (including phenoxy) is 1. The van der Waals surface area contributed by atoms with Crippen molar-refractivity contribution in [2.45, 2.75) is 32.6 Å². The van der Waals surface area contributed by atoms with E-state index in [9.17, 15) is 9.59 Å². The molecule has 1 atom stereocenters. The second-order valence-electron chi connectivity index (χ2n) is 5.56. The Bertz CT molecular complexity index is 662. The SMILES string of the molecule is CCCCOC(=O)[C@H](C)c1cccc(C(=O)c2ccccc2)c1. The first-order valence-electron chi connectivity index (χ1n) is 7.99. The van der Waals surface area contributed by atoms with Crippen LogP contribution in [0.4, 0.5) is 0 Å². The van der Waals surface area contributed by atoms with Crippen molar-refractivity contribution in [3.63, 3.8) is 0 Å². The molecule has 0 heterocycles. The lowest BCUT2D eigenvalue weighted by atomic mass is 9.96. The summed E-state index contributed by atoms with van der Waals surface area (Å²) in [5.41, 5.74) is 2.03. The molecule has 0 spiro atoms. The summed E-state index contributed by atoms with van der Waals surface area (Å²) in [6.07, 6.45) is 1.85. The fourth-order valence-electron chi connectivity index (χ4n) is 2.28. The van der Waals surface area contributed by atoms with E-state index in [1.54, 1.807) is 37.3 Å². The van der Waals surface area contributed by atoms with Crippen LogP contribution in [-0.2, 0) is 9.53 Å². The molecule has 0 N–H and O–H groups in total. The summed E-state index contributed by atoms with van der Waals surface area (Å²) >= 11 is 0. The third kappa shape index (κ3) is 4.52. The molecule has 120 valence electrons. The Kier molecular flexibility index (Phi) is 6.10. The normalized spacial score (nSPS) is 11.7. The van der Waals surface area contributed by atoms with Crippen LogP contribution < -0.4 is 0 Å². The van der Waals surface area contributed by atoms with E-state index in [-0.39, 0.29) is 17.7 Å². The molecule has 0 radical (unpaired) electrons. The van der Waals surface area contributed by atoms with Gasteiger partial charge in [0, 0.05) is 11.1 Å². The van der Waals surface area contributed by atoms with E-state index in [2.05, 4.69) is 6.92 Å². The van der Waals surface area contributed by atoms with Crippen molar-refractivity contribution < 1.29 is 14.3 Å². The van der Waals surface area contributed by atoms with Gasteiger partial charge in [0.1, 0.15) is 0 Å². The Morgan fingerprint density at radius 1 is 1.00 bits per heavy atom. The van der Waals surface area contributed by atoms with Gasteiger partial charge in [-0.05, 0) is 25.0 Å². The molecule has 0 bridgehead atoms. The van der Waals surface area contributed by atoms with Gasteiger partial charge in [-0.1, -0.05) is 61.9 Å². The summed E-state index contributed by atoms with van der Waals surface area (Å²) in [5, 5.41) is 0. The topological polar surface area (TPSA) is 43.4 Å². The highest BCUT2D eigenvalue weighted by Crippen LogP contribution is 2.20. The molecule has 0 aliphatic carbocycles. The first kappa shape index (κ1) is 16.9. The number of unbranched alkanes of at least 4 members (excludes halogenated alkanes) is 1. The van der Waals surface area contributed by atoms with E-state index in [4.69, 9.17) is 4.74 Å². The lowest BCUT2D eigenvalue weighted by molar-refractivity contribution is -0.145. The van der Waals surface area contributed by atoms with E-state index < -0.39 is 0 Å². The zero-order valence-electron chi connectivity index (χ0n) is 13.6. The van der Waals surface area contributed by atoms with Gasteiger partial charge >= 0.3 is 5.97 Å². The van der Waals surface area contributed by atoms with Crippen molar-refractivity contribution in [1.82, 2.24) is 0 Å². The second-order valence-corrected chi connectivity index (χ2v) is 5.56. The monoisotopic (exact) mass is 310 g/mol. The predicted molar refractivity (Wildman–Crippen MR) is 90.6 cm³/mol. The molecule has 0 fully saturated rings. The molecule has 3 heteroatoms. The molecule has 0 amide bonds. The van der Waals surface area contributed by atoms with Crippen LogP contribution in [0.5, 0.6) is 0 Å². The molecule has 0 aliphatic heterocycles. The third-order valence-electron chi connectivity index (χ3n) is 3.78. The highest BCUT2D eigenvalue weighted by Gasteiger charge is 2.18. The Hall–Kier alpha value is -2.42. The Labute approximate surface area is 137 Å². The van der Waals surface area contributed by atoms with Crippen LogP contribution in [-0.4, -0.2) is 18.4 Å². The highest BCUT2D eigenvalue weighted by molar-refractivity contribution is 6.09. The van der Waals surface area contributed by atoms with Crippen LogP contribution >= 0.6 is 0 Å². The second kappa shape index (κ2) is 8.28. The number of esters is 1. The van der Waals surface area contributed by atoms with E-state index in [1.165, 1.54) is 0 Å². The van der Waals surface area contributed by atoms with Crippen molar-refractivity contribution in [1.29, 1.82) is 0 Å². The van der Waals surface area contributed by atoms with Crippen LogP contribution in [0.15, 0.2) is 54.6 Å². The molecule has 0 saturated heterocycles. The summed E-state index contributed by atoms with van der Waals surface area (Å²) in [6.45, 7) is 4.30. The van der Waals surface area contributed by atoms with Gasteiger partial charge in [-0.2, -0.15) is 0 Å². The van der Waals surface area contributed by atoms with Crippen LogP contribution in [0, 0.1) is 0 Å². The minimum atomic E-state index is -0.379. The number of carbonyl (C=O) groups excluding carboxylic acids is 2. The quantitative estimate of drug-likeness (QED) is 0.433. The van der Waals surface area contributed by atoms with Gasteiger partial charge in [-0.15, -0.1) is 0 Å². The Morgan fingerprint density at radius 2 is 1.70 bits per heavy atom. The van der Waals surface area contributed by atoms with Crippen molar-refractivity contribution >= 4 is 11.8 Å². The molecule has 23 heavy (non-hydrogen) atoms. The number of hydrogen-bond acceptors (Lipinski definition) is 3. The summed E-state index contributed by atoms with van der Waals surface area (Å²) in [7, 11) is 0. The maximum atomic E-state index is 12.5. The molecule has 2 aromatic rings. The fraction of sp³-hybridized carbons (Fsp3) is 0.300. The van der Waals surface area contributed by atoms with Crippen molar-refractivity contribution in [3.05, 3.63) is 71.3 Å². The van der Waals surface area contributed by atoms with Crippen molar-refractivity contribution in [2.75, 3.05) is 6.61 Å². The van der Waals surface area contributed by atoms with Gasteiger partial charge < -0.3 is 4.74 Å². The van der Waals surface area contributed by atoms with Gasteiger partial charge in [0.15, 0.2) is 5.78 Å². The number of carbonyl (C=O) groups is 2. The van der Waals surface area contributed by atoms with Gasteiger partial charge in [0.2, 0.25) is 0 Å². The van der Waals surface area contributed by atoms with Crippen LogP contribution in [0.3, 0.4) is 0 Å². The number of rotatable bonds is 7. The summed E-state index contributed by atoms with van der Waals surface area (Å²) in [6, 6.07) is 16.3. The number of hydrogen-bond donors (Lipinski definition) is 0. The lowest BCUT2D eigenvalue weighted by Gasteiger charge is -2.12. The minimum absolute atomic E-state index is 0.0426. The molecular weight excluding hydrogens is 288 g/mol. The van der Waals surface area contributed by atoms with E-state index in [1.807, 2.05) is 24.3 Å². The lowest BCUT2D eigenvalue weighted by Crippen LogP contribution is -2.14. The number of ketones is 1. The Balaban J connectivity index is 2.13. The summed E-state index contributed by atoms with van der Waals surface area (Å²) in [4.78, 5) is 24.5. The van der Waals surface area contributed by atoms with E-state index >= 15 is 0 Å². The smallest absolute Gasteiger partial charge is 0.313 e. The molecular formula is C20H22O3. The Morgan fingerprint density at radius 3 is 2.39 bits per heavy atom. The van der Waals surface area contributed by atoms with Crippen LogP contribution in [0.25, 0.3) is 0 Å². The van der Waals surface area contributed by atoms with Gasteiger partial charge in [0.25, 0.3) is 0 Å². The molecule has 0 unspecified atom stereocenters. The summed E-state index contributed by atoms with van der Waals surface area (Å²) in [5.74, 6) is -0.669. The molecule has 2 rings (SSSR count). The standard InChI is InChI=1S/C20H22O3/c1-3-4-13-23-20(22)15(2)17-11-8-12-18(14-17)19(21)16-9-6-5-7-10-16/h5-12,14-15H,3-4,13H2,1-2H3/t15-/m1/s1. The fourth-order valence-corrected chi connectivity index (χ4v) is 2.28. The van der Waals surface area contributed by atoms with Crippen LogP contribution in [0.1, 0.15) is 54.1 Å². The highest BCUT2D eigenvalue weighted by atomic mass is 16.5. The summed E-state index contributed by atoms with van der Waals surface area (Å²) < 4.78 is 5.26. The third-order valence-corrected chi connectivity index (χ3v) is 3.78. The largest absolute Gasteiger partial charge is 0.465 e. The first-order valence-corrected chi connectivity index (χ1v) is 7.99. The first-order chi connectivity index (χ1) is 11.1. The zero-order valence-corrected chi connectivity index (χ0v) is 13.6. The van der Waals surface area contributed by atoms with Crippen molar-refractivity contribution in [2.24, 2.45) is 0 Å².